The highest BCUT2D eigenvalue weighted by molar-refractivity contribution is 5.91. The Bertz CT molecular complexity index is 448. The molecular formula is C10H11N3O3. The van der Waals surface area contributed by atoms with E-state index in [4.69, 9.17) is 10.8 Å². The number of ether oxygens (including phenoxy) is 1. The van der Waals surface area contributed by atoms with E-state index in [1.165, 1.54) is 13.3 Å². The number of esters is 1. The fourth-order valence-corrected chi connectivity index (χ4v) is 0.914. The zero-order chi connectivity index (χ0) is 12.0. The molecule has 0 saturated carbocycles. The van der Waals surface area contributed by atoms with Crippen LogP contribution in [0.1, 0.15) is 22.6 Å². The number of nitrogens with two attached hydrogens (primary N) is 1. The Kier molecular flexibility index (Phi) is 4.24. The number of anilines is 1. The molecule has 1 aromatic rings. The molecule has 16 heavy (non-hydrogen) atoms. The smallest absolute Gasteiger partial charge is 0.360 e. The van der Waals surface area contributed by atoms with Crippen LogP contribution in [0.5, 0.6) is 0 Å². The third-order valence-electron chi connectivity index (χ3n) is 1.63. The number of carbonyl (C=O) groups excluding carboxylic acids is 1. The quantitative estimate of drug-likeness (QED) is 0.520. The number of nitrogen functional groups attached to an aromatic ring is 1. The largest absolute Gasteiger partial charge is 0.464 e. The fourth-order valence-electron chi connectivity index (χ4n) is 0.914. The summed E-state index contributed by atoms with van der Waals surface area (Å²) in [5, 5.41) is 8.54. The molecule has 0 aliphatic rings. The number of methoxy groups -OCH3 is 1. The summed E-state index contributed by atoms with van der Waals surface area (Å²) in [5.74, 6) is 4.65. The van der Waals surface area contributed by atoms with Crippen LogP contribution in [0.15, 0.2) is 6.20 Å². The van der Waals surface area contributed by atoms with Crippen molar-refractivity contribution in [3.8, 4) is 11.8 Å². The number of aliphatic hydroxyl groups excluding tert-OH is 1. The van der Waals surface area contributed by atoms with Crippen LogP contribution in [-0.2, 0) is 4.74 Å². The number of hydrogen-bond acceptors (Lipinski definition) is 6. The van der Waals surface area contributed by atoms with Gasteiger partial charge in [-0.05, 0) is 5.92 Å². The van der Waals surface area contributed by atoms with Crippen molar-refractivity contribution in [3.05, 3.63) is 17.6 Å². The van der Waals surface area contributed by atoms with Gasteiger partial charge in [-0.2, -0.15) is 0 Å². The molecule has 0 saturated heterocycles. The SMILES string of the molecule is COC(=O)c1nc(C#CCCO)cnc1N. The molecule has 0 amide bonds. The van der Waals surface area contributed by atoms with Gasteiger partial charge in [-0.25, -0.2) is 14.8 Å². The van der Waals surface area contributed by atoms with Crippen molar-refractivity contribution in [1.82, 2.24) is 9.97 Å². The van der Waals surface area contributed by atoms with Crippen molar-refractivity contribution in [3.63, 3.8) is 0 Å². The van der Waals surface area contributed by atoms with Gasteiger partial charge in [-0.15, -0.1) is 0 Å². The van der Waals surface area contributed by atoms with Crippen LogP contribution in [0.3, 0.4) is 0 Å². The van der Waals surface area contributed by atoms with E-state index in [0.29, 0.717) is 12.1 Å². The molecule has 0 bridgehead atoms. The van der Waals surface area contributed by atoms with Crippen molar-refractivity contribution in [2.24, 2.45) is 0 Å². The lowest BCUT2D eigenvalue weighted by molar-refractivity contribution is 0.0595. The van der Waals surface area contributed by atoms with E-state index < -0.39 is 5.97 Å². The molecule has 0 aliphatic carbocycles. The molecule has 0 aromatic carbocycles. The second-order valence-electron chi connectivity index (χ2n) is 2.76. The average molecular weight is 221 g/mol. The zero-order valence-corrected chi connectivity index (χ0v) is 8.73. The van der Waals surface area contributed by atoms with E-state index in [9.17, 15) is 4.79 Å². The number of aromatic nitrogens is 2. The highest BCUT2D eigenvalue weighted by atomic mass is 16.5. The minimum absolute atomic E-state index is 0.000409. The number of nitrogens with zero attached hydrogens (tertiary/aromatic N) is 2. The average Bonchev–Trinajstić information content (AvgIpc) is 2.30. The van der Waals surface area contributed by atoms with E-state index in [1.807, 2.05) is 0 Å². The maximum Gasteiger partial charge on any atom is 0.360 e. The van der Waals surface area contributed by atoms with Crippen LogP contribution in [-0.4, -0.2) is 34.8 Å². The van der Waals surface area contributed by atoms with E-state index in [2.05, 4.69) is 26.5 Å². The molecule has 6 heteroatoms. The minimum Gasteiger partial charge on any atom is -0.464 e. The number of rotatable bonds is 2. The van der Waals surface area contributed by atoms with Crippen LogP contribution in [0.2, 0.25) is 0 Å². The van der Waals surface area contributed by atoms with Gasteiger partial charge in [-0.1, -0.05) is 5.92 Å². The zero-order valence-electron chi connectivity index (χ0n) is 8.73. The molecule has 0 spiro atoms. The highest BCUT2D eigenvalue weighted by Gasteiger charge is 2.13. The Labute approximate surface area is 92.5 Å². The summed E-state index contributed by atoms with van der Waals surface area (Å²) in [4.78, 5) is 18.9. The predicted octanol–water partition coefficient (Wildman–Crippen LogP) is -0.421. The monoisotopic (exact) mass is 221 g/mol. The van der Waals surface area contributed by atoms with E-state index in [0.717, 1.165) is 0 Å². The predicted molar refractivity (Wildman–Crippen MR) is 56.4 cm³/mol. The second kappa shape index (κ2) is 5.68. The van der Waals surface area contributed by atoms with Crippen molar-refractivity contribution in [1.29, 1.82) is 0 Å². The standard InChI is InChI=1S/C10H11N3O3/c1-16-10(15)8-9(11)12-6-7(13-8)4-2-3-5-14/h6,14H,3,5H2,1H3,(H2,11,12). The maximum absolute atomic E-state index is 11.2. The van der Waals surface area contributed by atoms with Crippen LogP contribution >= 0.6 is 0 Å². The van der Waals surface area contributed by atoms with Gasteiger partial charge >= 0.3 is 5.97 Å². The van der Waals surface area contributed by atoms with Crippen LogP contribution < -0.4 is 5.73 Å². The van der Waals surface area contributed by atoms with Crippen LogP contribution in [0.4, 0.5) is 5.82 Å². The maximum atomic E-state index is 11.2. The van der Waals surface area contributed by atoms with Crippen molar-refractivity contribution >= 4 is 11.8 Å². The lowest BCUT2D eigenvalue weighted by atomic mass is 10.3. The van der Waals surface area contributed by atoms with Gasteiger partial charge in [0, 0.05) is 6.42 Å². The number of hydrogen-bond donors (Lipinski definition) is 2. The molecule has 1 heterocycles. The van der Waals surface area contributed by atoms with Crippen LogP contribution in [0, 0.1) is 11.8 Å². The van der Waals surface area contributed by atoms with E-state index in [1.54, 1.807) is 0 Å². The summed E-state index contributed by atoms with van der Waals surface area (Å²) >= 11 is 0. The summed E-state index contributed by atoms with van der Waals surface area (Å²) in [6, 6.07) is 0. The molecule has 0 unspecified atom stereocenters. The summed E-state index contributed by atoms with van der Waals surface area (Å²) in [7, 11) is 1.23. The summed E-state index contributed by atoms with van der Waals surface area (Å²) in [5.41, 5.74) is 5.71. The first-order valence-electron chi connectivity index (χ1n) is 4.49. The van der Waals surface area contributed by atoms with E-state index >= 15 is 0 Å². The first-order valence-corrected chi connectivity index (χ1v) is 4.49. The molecule has 0 aliphatic heterocycles. The molecule has 0 radical (unpaired) electrons. The van der Waals surface area contributed by atoms with Gasteiger partial charge in [0.2, 0.25) is 0 Å². The van der Waals surface area contributed by atoms with Crippen molar-refractivity contribution < 1.29 is 14.6 Å². The van der Waals surface area contributed by atoms with Gasteiger partial charge in [0.1, 0.15) is 5.69 Å². The first kappa shape index (κ1) is 11.9. The minimum atomic E-state index is -0.657. The Balaban J connectivity index is 2.99. The Morgan fingerprint density at radius 2 is 2.44 bits per heavy atom. The Morgan fingerprint density at radius 1 is 1.69 bits per heavy atom. The Morgan fingerprint density at radius 3 is 3.06 bits per heavy atom. The summed E-state index contributed by atoms with van der Waals surface area (Å²) in [6.07, 6.45) is 1.69. The first-order chi connectivity index (χ1) is 7.69. The lowest BCUT2D eigenvalue weighted by Crippen LogP contribution is -2.10. The fraction of sp³-hybridized carbons (Fsp3) is 0.300. The third kappa shape index (κ3) is 2.93. The molecule has 3 N–H and O–H groups in total. The number of aliphatic hydroxyl groups is 1. The molecule has 6 nitrogen and oxygen atoms in total. The highest BCUT2D eigenvalue weighted by Crippen LogP contribution is 2.06. The van der Waals surface area contributed by atoms with Gasteiger partial charge < -0.3 is 15.6 Å². The lowest BCUT2D eigenvalue weighted by Gasteiger charge is -2.01. The molecule has 1 rings (SSSR count). The Hall–Kier alpha value is -2.13. The van der Waals surface area contributed by atoms with Gasteiger partial charge in [0.25, 0.3) is 0 Å². The third-order valence-corrected chi connectivity index (χ3v) is 1.63. The second-order valence-corrected chi connectivity index (χ2v) is 2.76. The summed E-state index contributed by atoms with van der Waals surface area (Å²) < 4.78 is 4.49. The summed E-state index contributed by atoms with van der Waals surface area (Å²) in [6.45, 7) is -0.0285. The van der Waals surface area contributed by atoms with Crippen molar-refractivity contribution in [2.45, 2.75) is 6.42 Å². The molecule has 1 aromatic heterocycles. The van der Waals surface area contributed by atoms with Gasteiger partial charge in [0.05, 0.1) is 19.9 Å². The topological polar surface area (TPSA) is 98.3 Å². The van der Waals surface area contributed by atoms with Gasteiger partial charge in [-0.3, -0.25) is 0 Å². The van der Waals surface area contributed by atoms with Crippen molar-refractivity contribution in [2.75, 3.05) is 19.5 Å². The van der Waals surface area contributed by atoms with E-state index in [-0.39, 0.29) is 18.1 Å². The molecule has 84 valence electrons. The molecule has 0 atom stereocenters. The number of carbonyl (C=O) groups is 1. The normalized spacial score (nSPS) is 9.12. The molecular weight excluding hydrogens is 210 g/mol. The molecule has 0 fully saturated rings. The van der Waals surface area contributed by atoms with Gasteiger partial charge in [0.15, 0.2) is 11.5 Å². The van der Waals surface area contributed by atoms with Crippen LogP contribution in [0.25, 0.3) is 0 Å².